The van der Waals surface area contributed by atoms with Crippen molar-refractivity contribution in [3.05, 3.63) is 17.7 Å². The number of hydrogen-bond donors (Lipinski definition) is 2. The van der Waals surface area contributed by atoms with E-state index >= 15 is 0 Å². The Morgan fingerprint density at radius 3 is 1.81 bits per heavy atom. The quantitative estimate of drug-likeness (QED) is 0.509. The Labute approximate surface area is 168 Å². The highest BCUT2D eigenvalue weighted by Crippen LogP contribution is 2.45. The molecule has 0 bridgehead atoms. The van der Waals surface area contributed by atoms with Crippen molar-refractivity contribution in [2.24, 2.45) is 17.6 Å². The SMILES string of the molecule is CC(Cc1c(OC(F)(F)F)ccc(OC(F)(F)F)c1OC(F)(F)F)CC(CN)C(=O)O. The van der Waals surface area contributed by atoms with Crippen molar-refractivity contribution in [1.29, 1.82) is 0 Å². The second kappa shape index (κ2) is 9.70. The molecule has 1 aromatic carbocycles. The fraction of sp³-hybridized carbons (Fsp3) is 0.562. The van der Waals surface area contributed by atoms with Gasteiger partial charge in [0.1, 0.15) is 5.75 Å². The van der Waals surface area contributed by atoms with Gasteiger partial charge in [-0.2, -0.15) is 0 Å². The third-order valence-electron chi connectivity index (χ3n) is 3.72. The van der Waals surface area contributed by atoms with Gasteiger partial charge < -0.3 is 25.1 Å². The molecule has 6 nitrogen and oxygen atoms in total. The van der Waals surface area contributed by atoms with Crippen molar-refractivity contribution < 1.29 is 63.6 Å². The van der Waals surface area contributed by atoms with Crippen LogP contribution in [0.1, 0.15) is 18.9 Å². The van der Waals surface area contributed by atoms with E-state index < -0.39 is 72.7 Å². The van der Waals surface area contributed by atoms with Crippen LogP contribution >= 0.6 is 0 Å². The summed E-state index contributed by atoms with van der Waals surface area (Å²) in [6.45, 7) is 0.854. The van der Waals surface area contributed by atoms with E-state index in [0.717, 1.165) is 0 Å². The fourth-order valence-electron chi connectivity index (χ4n) is 2.65. The lowest BCUT2D eigenvalue weighted by molar-refractivity contribution is -0.288. The summed E-state index contributed by atoms with van der Waals surface area (Å²) in [4.78, 5) is 11.1. The van der Waals surface area contributed by atoms with E-state index in [1.54, 1.807) is 0 Å². The van der Waals surface area contributed by atoms with Crippen molar-refractivity contribution >= 4 is 5.97 Å². The zero-order chi connectivity index (χ0) is 24.2. The molecule has 178 valence electrons. The first-order chi connectivity index (χ1) is 13.9. The molecule has 3 N–H and O–H groups in total. The molecule has 31 heavy (non-hydrogen) atoms. The molecule has 0 fully saturated rings. The second-order valence-electron chi connectivity index (χ2n) is 6.33. The van der Waals surface area contributed by atoms with Crippen molar-refractivity contribution in [3.63, 3.8) is 0 Å². The Morgan fingerprint density at radius 2 is 1.39 bits per heavy atom. The predicted molar refractivity (Wildman–Crippen MR) is 84.2 cm³/mol. The van der Waals surface area contributed by atoms with Crippen molar-refractivity contribution in [2.45, 2.75) is 38.9 Å². The van der Waals surface area contributed by atoms with Gasteiger partial charge in [-0.05, 0) is 30.9 Å². The van der Waals surface area contributed by atoms with Crippen molar-refractivity contribution in [3.8, 4) is 17.2 Å². The molecular formula is C16H16F9NO5. The summed E-state index contributed by atoms with van der Waals surface area (Å²) in [6, 6.07) is 0.501. The number of ether oxygens (including phenoxy) is 3. The maximum absolute atomic E-state index is 12.8. The minimum atomic E-state index is -5.60. The Hall–Kier alpha value is -2.58. The summed E-state index contributed by atoms with van der Waals surface area (Å²) < 4.78 is 125. The third kappa shape index (κ3) is 9.40. The maximum atomic E-state index is 12.8. The number of benzene rings is 1. The molecule has 0 saturated heterocycles. The maximum Gasteiger partial charge on any atom is 0.573 e. The average molecular weight is 473 g/mol. The number of halogens is 9. The first-order valence-electron chi connectivity index (χ1n) is 8.27. The van der Waals surface area contributed by atoms with Crippen LogP contribution < -0.4 is 19.9 Å². The molecule has 1 aromatic rings. The van der Waals surface area contributed by atoms with Crippen LogP contribution in [0.3, 0.4) is 0 Å². The molecular weight excluding hydrogens is 457 g/mol. The number of hydrogen-bond acceptors (Lipinski definition) is 5. The number of carboxylic acid groups (broad SMARTS) is 1. The molecule has 15 heteroatoms. The lowest BCUT2D eigenvalue weighted by Gasteiger charge is -2.23. The van der Waals surface area contributed by atoms with Crippen LogP contribution in [0, 0.1) is 11.8 Å². The molecule has 1 rings (SSSR count). The Morgan fingerprint density at radius 1 is 0.935 bits per heavy atom. The lowest BCUT2D eigenvalue weighted by Crippen LogP contribution is -2.26. The monoisotopic (exact) mass is 473 g/mol. The molecule has 0 aromatic heterocycles. The average Bonchev–Trinajstić information content (AvgIpc) is 2.54. The van der Waals surface area contributed by atoms with E-state index in [4.69, 9.17) is 10.8 Å². The van der Waals surface area contributed by atoms with Gasteiger partial charge in [0, 0.05) is 12.1 Å². The van der Waals surface area contributed by atoms with Crippen LogP contribution in [0.2, 0.25) is 0 Å². The summed E-state index contributed by atoms with van der Waals surface area (Å²) in [5.41, 5.74) is 4.21. The van der Waals surface area contributed by atoms with E-state index in [2.05, 4.69) is 14.2 Å². The van der Waals surface area contributed by atoms with Gasteiger partial charge in [-0.25, -0.2) is 0 Å². The molecule has 0 spiro atoms. The zero-order valence-corrected chi connectivity index (χ0v) is 15.5. The summed E-state index contributed by atoms with van der Waals surface area (Å²) in [5, 5.41) is 9.00. The molecule has 2 unspecified atom stereocenters. The van der Waals surface area contributed by atoms with Crippen LogP contribution in [0.15, 0.2) is 12.1 Å². The topological polar surface area (TPSA) is 91.0 Å². The standard InChI is InChI=1S/C16H16F9NO5/c1-7(4-8(6-26)13(27)28)5-9-10(29-14(17,18)19)2-3-11(30-15(20,21)22)12(9)31-16(23,24)25/h2-3,7-8H,4-6,26H2,1H3,(H,27,28). The van der Waals surface area contributed by atoms with Crippen LogP contribution in [-0.2, 0) is 11.2 Å². The second-order valence-corrected chi connectivity index (χ2v) is 6.33. The lowest BCUT2D eigenvalue weighted by atomic mass is 9.90. The number of rotatable bonds is 9. The van der Waals surface area contributed by atoms with E-state index in [1.807, 2.05) is 0 Å². The largest absolute Gasteiger partial charge is 0.573 e. The third-order valence-corrected chi connectivity index (χ3v) is 3.72. The predicted octanol–water partition coefficient (Wildman–Crippen LogP) is 4.61. The molecule has 0 radical (unpaired) electrons. The molecule has 0 aliphatic rings. The normalized spacial score (nSPS) is 14.7. The summed E-state index contributed by atoms with van der Waals surface area (Å²) in [6.07, 6.45) is -17.6. The smallest absolute Gasteiger partial charge is 0.481 e. The zero-order valence-electron chi connectivity index (χ0n) is 15.5. The van der Waals surface area contributed by atoms with Gasteiger partial charge in [0.25, 0.3) is 0 Å². The Bertz CT molecular complexity index is 762. The molecule has 2 atom stereocenters. The number of carboxylic acids is 1. The molecule has 0 heterocycles. The van der Waals surface area contributed by atoms with Gasteiger partial charge in [-0.1, -0.05) is 6.92 Å². The van der Waals surface area contributed by atoms with Gasteiger partial charge in [-0.3, -0.25) is 4.79 Å². The highest BCUT2D eigenvalue weighted by molar-refractivity contribution is 5.70. The highest BCUT2D eigenvalue weighted by atomic mass is 19.4. The fourth-order valence-corrected chi connectivity index (χ4v) is 2.65. The Kier molecular flexibility index (Phi) is 8.28. The van der Waals surface area contributed by atoms with Gasteiger partial charge in [0.2, 0.25) is 0 Å². The highest BCUT2D eigenvalue weighted by Gasteiger charge is 2.40. The number of nitrogens with two attached hydrogens (primary N) is 1. The summed E-state index contributed by atoms with van der Waals surface area (Å²) in [5.74, 6) is -8.07. The summed E-state index contributed by atoms with van der Waals surface area (Å²) in [7, 11) is 0. The van der Waals surface area contributed by atoms with E-state index in [0.29, 0.717) is 6.07 Å². The number of alkyl halides is 9. The van der Waals surface area contributed by atoms with Gasteiger partial charge in [0.05, 0.1) is 5.92 Å². The molecule has 0 saturated carbocycles. The van der Waals surface area contributed by atoms with Crippen LogP contribution in [0.25, 0.3) is 0 Å². The first-order valence-corrected chi connectivity index (χ1v) is 8.27. The molecule has 0 aliphatic heterocycles. The van der Waals surface area contributed by atoms with Gasteiger partial charge in [-0.15, -0.1) is 39.5 Å². The number of aliphatic carboxylic acids is 1. The minimum absolute atomic E-state index is 0.170. The van der Waals surface area contributed by atoms with E-state index in [-0.39, 0.29) is 12.5 Å². The summed E-state index contributed by atoms with van der Waals surface area (Å²) >= 11 is 0. The van der Waals surface area contributed by atoms with Crippen molar-refractivity contribution in [2.75, 3.05) is 6.54 Å². The van der Waals surface area contributed by atoms with Crippen LogP contribution in [0.5, 0.6) is 17.2 Å². The minimum Gasteiger partial charge on any atom is -0.481 e. The van der Waals surface area contributed by atoms with Crippen molar-refractivity contribution in [1.82, 2.24) is 0 Å². The van der Waals surface area contributed by atoms with Gasteiger partial charge in [0.15, 0.2) is 11.5 Å². The molecule has 0 aliphatic carbocycles. The van der Waals surface area contributed by atoms with E-state index in [9.17, 15) is 44.3 Å². The Balaban J connectivity index is 3.53. The molecule has 0 amide bonds. The van der Waals surface area contributed by atoms with E-state index in [1.165, 1.54) is 6.92 Å². The van der Waals surface area contributed by atoms with Gasteiger partial charge >= 0.3 is 25.1 Å². The van der Waals surface area contributed by atoms with Crippen LogP contribution in [-0.4, -0.2) is 36.7 Å². The van der Waals surface area contributed by atoms with Crippen LogP contribution in [0.4, 0.5) is 39.5 Å². The number of carbonyl (C=O) groups is 1. The first kappa shape index (κ1) is 26.5.